The number of nitrogens with zero attached hydrogens (tertiary/aromatic N) is 4. The van der Waals surface area contributed by atoms with Crippen molar-refractivity contribution in [1.29, 1.82) is 0 Å². The number of halogens is 1. The van der Waals surface area contributed by atoms with Gasteiger partial charge in [-0.2, -0.15) is 5.10 Å². The van der Waals surface area contributed by atoms with E-state index in [1.807, 2.05) is 55.2 Å². The fourth-order valence-corrected chi connectivity index (χ4v) is 5.73. The Kier molecular flexibility index (Phi) is 7.07. The Morgan fingerprint density at radius 3 is 2.56 bits per heavy atom. The fraction of sp³-hybridized carbons (Fsp3) is 0.321. The molecular weight excluding hydrogens is 518 g/mol. The van der Waals surface area contributed by atoms with Crippen LogP contribution >= 0.6 is 15.9 Å². The van der Waals surface area contributed by atoms with Crippen LogP contribution in [0.5, 0.6) is 0 Å². The summed E-state index contributed by atoms with van der Waals surface area (Å²) < 4.78 is 2.91. The number of rotatable bonds is 5. The average Bonchev–Trinajstić information content (AvgIpc) is 3.36. The number of likely N-dealkylation sites (tertiary alicyclic amines) is 1. The van der Waals surface area contributed by atoms with E-state index in [2.05, 4.69) is 50.6 Å². The van der Waals surface area contributed by atoms with Crippen LogP contribution < -0.4 is 5.32 Å². The molecule has 1 saturated heterocycles. The summed E-state index contributed by atoms with van der Waals surface area (Å²) in [5.74, 6) is 1.00. The molecule has 2 aliphatic heterocycles. The lowest BCUT2D eigenvalue weighted by Crippen LogP contribution is -2.44. The molecule has 1 aromatic carbocycles. The van der Waals surface area contributed by atoms with Crippen molar-refractivity contribution in [2.24, 2.45) is 5.92 Å². The van der Waals surface area contributed by atoms with Crippen LogP contribution in [0.1, 0.15) is 33.1 Å². The van der Waals surface area contributed by atoms with E-state index in [9.17, 15) is 9.90 Å². The van der Waals surface area contributed by atoms with Gasteiger partial charge in [-0.05, 0) is 48.2 Å². The highest BCUT2D eigenvalue weighted by molar-refractivity contribution is 9.12. The van der Waals surface area contributed by atoms with Crippen molar-refractivity contribution in [2.45, 2.75) is 39.2 Å². The normalized spacial score (nSPS) is 18.2. The van der Waals surface area contributed by atoms with Crippen molar-refractivity contribution in [3.63, 3.8) is 0 Å². The molecule has 0 aliphatic carbocycles. The van der Waals surface area contributed by atoms with Crippen LogP contribution in [-0.4, -0.2) is 49.9 Å². The third kappa shape index (κ3) is 4.51. The largest absolute Gasteiger partial charge is 0.383 e. The Morgan fingerprint density at radius 1 is 1.17 bits per heavy atom. The Labute approximate surface area is 219 Å². The summed E-state index contributed by atoms with van der Waals surface area (Å²) in [6.07, 6.45) is 7.01. The highest BCUT2D eigenvalue weighted by Crippen LogP contribution is 2.43. The number of hydrogen-bond donors (Lipinski definition) is 2. The summed E-state index contributed by atoms with van der Waals surface area (Å²) in [4.78, 5) is 18.9. The van der Waals surface area contributed by atoms with Crippen molar-refractivity contribution < 1.29 is 9.90 Å². The number of fused-ring (bicyclic) bond motifs is 1. The van der Waals surface area contributed by atoms with Crippen molar-refractivity contribution in [3.05, 3.63) is 71.1 Å². The van der Waals surface area contributed by atoms with Gasteiger partial charge in [-0.15, -0.1) is 0 Å². The van der Waals surface area contributed by atoms with E-state index >= 15 is 0 Å². The number of aliphatic hydroxyl groups excluding tert-OH is 1. The minimum absolute atomic E-state index is 0.165. The van der Waals surface area contributed by atoms with Gasteiger partial charge in [-0.3, -0.25) is 9.78 Å². The van der Waals surface area contributed by atoms with Crippen molar-refractivity contribution in [2.75, 3.05) is 18.4 Å². The lowest BCUT2D eigenvalue weighted by molar-refractivity contribution is -0.141. The maximum Gasteiger partial charge on any atom is 0.251 e. The predicted octanol–water partition coefficient (Wildman–Crippen LogP) is 5.51. The fourth-order valence-electron chi connectivity index (χ4n) is 4.91. The highest BCUT2D eigenvalue weighted by Gasteiger charge is 2.33. The average molecular weight is 548 g/mol. The molecule has 2 N–H and O–H groups in total. The SMILES string of the molecule is CC=C1C(Br)=C(C2CCN(C(=O)C(O)CC)CC2)Nc2c(-c3ccc(-c4ccccc4)nc3)cnn21. The zero-order chi connectivity index (χ0) is 25.2. The maximum atomic E-state index is 12.4. The minimum Gasteiger partial charge on any atom is -0.383 e. The Balaban J connectivity index is 1.39. The Morgan fingerprint density at radius 2 is 1.92 bits per heavy atom. The van der Waals surface area contributed by atoms with Gasteiger partial charge >= 0.3 is 0 Å². The number of carbonyl (C=O) groups excluding carboxylic acids is 1. The molecule has 0 spiro atoms. The number of aromatic nitrogens is 3. The van der Waals surface area contributed by atoms with Crippen LogP contribution in [-0.2, 0) is 4.79 Å². The molecule has 5 rings (SSSR count). The number of piperidine rings is 1. The van der Waals surface area contributed by atoms with E-state index in [0.717, 1.165) is 56.9 Å². The molecular formula is C28H30BrN5O2. The molecule has 3 aromatic rings. The second kappa shape index (κ2) is 10.4. The first-order chi connectivity index (χ1) is 17.5. The molecule has 1 amide bonds. The van der Waals surface area contributed by atoms with Crippen LogP contribution in [0.15, 0.2) is 71.1 Å². The molecule has 0 saturated carbocycles. The minimum atomic E-state index is -0.909. The first-order valence-corrected chi connectivity index (χ1v) is 13.2. The number of carbonyl (C=O) groups is 1. The van der Waals surface area contributed by atoms with Crippen molar-refractivity contribution in [3.8, 4) is 22.4 Å². The van der Waals surface area contributed by atoms with Gasteiger partial charge in [-0.1, -0.05) is 49.4 Å². The van der Waals surface area contributed by atoms with Gasteiger partial charge < -0.3 is 15.3 Å². The van der Waals surface area contributed by atoms with E-state index in [4.69, 9.17) is 4.98 Å². The summed E-state index contributed by atoms with van der Waals surface area (Å²) in [6, 6.07) is 14.3. The predicted molar refractivity (Wildman–Crippen MR) is 146 cm³/mol. The number of hydrogen-bond acceptors (Lipinski definition) is 5. The molecule has 2 aromatic heterocycles. The number of aliphatic hydroxyl groups is 1. The first kappa shape index (κ1) is 24.5. The zero-order valence-corrected chi connectivity index (χ0v) is 22.1. The van der Waals surface area contributed by atoms with Gasteiger partial charge in [0, 0.05) is 47.6 Å². The van der Waals surface area contributed by atoms with E-state index < -0.39 is 6.10 Å². The van der Waals surface area contributed by atoms with E-state index in [1.54, 1.807) is 4.90 Å². The molecule has 1 atom stereocenters. The Hall–Kier alpha value is -3.23. The molecule has 1 fully saturated rings. The third-order valence-corrected chi connectivity index (χ3v) is 7.85. The number of pyridine rings is 1. The third-order valence-electron chi connectivity index (χ3n) is 7.02. The topological polar surface area (TPSA) is 83.3 Å². The Bertz CT molecular complexity index is 1310. The summed E-state index contributed by atoms with van der Waals surface area (Å²) in [7, 11) is 0. The van der Waals surface area contributed by atoms with Gasteiger partial charge in [0.2, 0.25) is 0 Å². The molecule has 0 bridgehead atoms. The highest BCUT2D eigenvalue weighted by atomic mass is 79.9. The van der Waals surface area contributed by atoms with Gasteiger partial charge in [-0.25, -0.2) is 4.68 Å². The van der Waals surface area contributed by atoms with Gasteiger partial charge in [0.15, 0.2) is 0 Å². The van der Waals surface area contributed by atoms with Crippen LogP contribution in [0.4, 0.5) is 5.82 Å². The smallest absolute Gasteiger partial charge is 0.251 e. The lowest BCUT2D eigenvalue weighted by atomic mass is 9.91. The standard InChI is InChI=1S/C28H30BrN5O2/c1-3-23-25(29)26(19-12-14-33(15-13-19)28(36)24(35)4-2)32-27-21(17-31-34(23)27)20-10-11-22(30-16-20)18-8-6-5-7-9-18/h3,5-11,16-17,19,24,32,35H,4,12-15H2,1-2H3. The molecule has 36 heavy (non-hydrogen) atoms. The summed E-state index contributed by atoms with van der Waals surface area (Å²) in [6.45, 7) is 5.10. The molecule has 186 valence electrons. The summed E-state index contributed by atoms with van der Waals surface area (Å²) in [5.41, 5.74) is 6.08. The zero-order valence-electron chi connectivity index (χ0n) is 20.5. The lowest BCUT2D eigenvalue weighted by Gasteiger charge is -2.36. The quantitative estimate of drug-likeness (QED) is 0.439. The number of amides is 1. The van der Waals surface area contributed by atoms with Crippen molar-refractivity contribution >= 4 is 33.4 Å². The number of allylic oxidation sites excluding steroid dienone is 4. The van der Waals surface area contributed by atoms with Gasteiger partial charge in [0.05, 0.1) is 22.1 Å². The summed E-state index contributed by atoms with van der Waals surface area (Å²) >= 11 is 3.82. The van der Waals surface area contributed by atoms with Crippen LogP contribution in [0.25, 0.3) is 28.1 Å². The molecule has 8 heteroatoms. The number of benzene rings is 1. The van der Waals surface area contributed by atoms with E-state index in [-0.39, 0.29) is 11.8 Å². The van der Waals surface area contributed by atoms with Crippen LogP contribution in [0, 0.1) is 5.92 Å². The monoisotopic (exact) mass is 547 g/mol. The molecule has 0 radical (unpaired) electrons. The van der Waals surface area contributed by atoms with Crippen LogP contribution in [0.2, 0.25) is 0 Å². The van der Waals surface area contributed by atoms with Gasteiger partial charge in [0.1, 0.15) is 11.9 Å². The molecule has 7 nitrogen and oxygen atoms in total. The van der Waals surface area contributed by atoms with Crippen LogP contribution in [0.3, 0.4) is 0 Å². The van der Waals surface area contributed by atoms with Gasteiger partial charge in [0.25, 0.3) is 5.91 Å². The number of nitrogens with one attached hydrogen (secondary N) is 1. The van der Waals surface area contributed by atoms with Crippen molar-refractivity contribution in [1.82, 2.24) is 19.7 Å². The second-order valence-electron chi connectivity index (χ2n) is 9.17. The van der Waals surface area contributed by atoms with E-state index in [1.165, 1.54) is 0 Å². The molecule has 4 heterocycles. The maximum absolute atomic E-state index is 12.4. The number of anilines is 1. The summed E-state index contributed by atoms with van der Waals surface area (Å²) in [5, 5.41) is 18.3. The molecule has 2 aliphatic rings. The molecule has 1 unspecified atom stereocenters. The first-order valence-electron chi connectivity index (χ1n) is 12.4. The van der Waals surface area contributed by atoms with E-state index in [0.29, 0.717) is 19.5 Å². The second-order valence-corrected chi connectivity index (χ2v) is 9.96.